The molecule has 2 rings (SSSR count). The van der Waals surface area contributed by atoms with E-state index in [2.05, 4.69) is 10.3 Å². The van der Waals surface area contributed by atoms with Gasteiger partial charge in [0.2, 0.25) is 0 Å². The van der Waals surface area contributed by atoms with Crippen LogP contribution in [-0.4, -0.2) is 32.0 Å². The molecule has 0 saturated carbocycles. The Bertz CT molecular complexity index is 663. The van der Waals surface area contributed by atoms with Crippen molar-refractivity contribution < 1.29 is 8.42 Å². The number of sulfone groups is 1. The highest BCUT2D eigenvalue weighted by Gasteiger charge is 2.18. The third-order valence-corrected chi connectivity index (χ3v) is 3.95. The Kier molecular flexibility index (Phi) is 4.17. The minimum atomic E-state index is -3.05. The minimum Gasteiger partial charge on any atom is -0.309 e. The predicted molar refractivity (Wildman–Crippen MR) is 77.9 cm³/mol. The molecule has 0 saturated heterocycles. The first-order valence-corrected chi connectivity index (χ1v) is 8.31. The van der Waals surface area contributed by atoms with Crippen molar-refractivity contribution in [2.75, 3.05) is 18.6 Å². The third kappa shape index (κ3) is 3.52. The van der Waals surface area contributed by atoms with Crippen molar-refractivity contribution in [2.24, 2.45) is 0 Å². The maximum Gasteiger partial charge on any atom is 0.149 e. The Morgan fingerprint density at radius 3 is 2.79 bits per heavy atom. The molecule has 102 valence electrons. The first-order chi connectivity index (χ1) is 9.01. The van der Waals surface area contributed by atoms with Gasteiger partial charge in [0.25, 0.3) is 0 Å². The lowest BCUT2D eigenvalue weighted by Gasteiger charge is -2.19. The predicted octanol–water partition coefficient (Wildman–Crippen LogP) is 1.93. The summed E-state index contributed by atoms with van der Waals surface area (Å²) >= 11 is 0. The summed E-state index contributed by atoms with van der Waals surface area (Å²) in [6.07, 6.45) is 4.79. The van der Waals surface area contributed by atoms with Crippen LogP contribution in [0, 0.1) is 0 Å². The van der Waals surface area contributed by atoms with Crippen molar-refractivity contribution in [1.29, 1.82) is 0 Å². The lowest BCUT2D eigenvalue weighted by molar-refractivity contribution is 0.565. The molecule has 1 aromatic heterocycles. The largest absolute Gasteiger partial charge is 0.309 e. The third-order valence-electron chi connectivity index (χ3n) is 3.01. The highest BCUT2D eigenvalue weighted by atomic mass is 32.2. The number of hydrogen-bond donors (Lipinski definition) is 1. The normalized spacial score (nSPS) is 13.6. The van der Waals surface area contributed by atoms with Gasteiger partial charge in [-0.25, -0.2) is 8.42 Å². The lowest BCUT2D eigenvalue weighted by Crippen LogP contribution is -2.27. The Morgan fingerprint density at radius 1 is 1.32 bits per heavy atom. The molecule has 0 bridgehead atoms. The first-order valence-electron chi connectivity index (χ1n) is 6.25. The van der Waals surface area contributed by atoms with Crippen molar-refractivity contribution in [3.8, 4) is 0 Å². The van der Waals surface area contributed by atoms with E-state index < -0.39 is 9.84 Å². The molecule has 0 spiro atoms. The van der Waals surface area contributed by atoms with Crippen molar-refractivity contribution in [2.45, 2.75) is 13.0 Å². The summed E-state index contributed by atoms with van der Waals surface area (Å²) in [7, 11) is -3.05. The number of benzene rings is 1. The highest BCUT2D eigenvalue weighted by molar-refractivity contribution is 7.90. The molecule has 1 N–H and O–H groups in total. The van der Waals surface area contributed by atoms with Gasteiger partial charge >= 0.3 is 0 Å². The Labute approximate surface area is 113 Å². The maximum absolute atomic E-state index is 11.6. The van der Waals surface area contributed by atoms with E-state index in [-0.39, 0.29) is 11.8 Å². The van der Waals surface area contributed by atoms with Crippen LogP contribution < -0.4 is 5.32 Å². The van der Waals surface area contributed by atoms with Gasteiger partial charge in [-0.1, -0.05) is 25.1 Å². The molecule has 1 atom stereocenters. The SMILES string of the molecule is CCNC(CS(C)(=O)=O)c1cccc2ccncc12. The summed E-state index contributed by atoms with van der Waals surface area (Å²) in [6.45, 7) is 2.69. The van der Waals surface area contributed by atoms with Crippen LogP contribution in [0.1, 0.15) is 18.5 Å². The number of nitrogens with zero attached hydrogens (tertiary/aromatic N) is 1. The first kappa shape index (κ1) is 14.0. The average Bonchev–Trinajstić information content (AvgIpc) is 2.36. The van der Waals surface area contributed by atoms with Crippen molar-refractivity contribution >= 4 is 20.6 Å². The molecule has 0 aliphatic rings. The molecule has 0 amide bonds. The summed E-state index contributed by atoms with van der Waals surface area (Å²) in [6, 6.07) is 7.65. The monoisotopic (exact) mass is 278 g/mol. The molecule has 5 heteroatoms. The quantitative estimate of drug-likeness (QED) is 0.908. The minimum absolute atomic E-state index is 0.0921. The van der Waals surface area contributed by atoms with E-state index in [1.807, 2.05) is 31.2 Å². The summed E-state index contributed by atoms with van der Waals surface area (Å²) < 4.78 is 23.1. The molecular formula is C14H18N2O2S. The van der Waals surface area contributed by atoms with Crippen LogP contribution >= 0.6 is 0 Å². The second-order valence-electron chi connectivity index (χ2n) is 4.65. The fourth-order valence-corrected chi connectivity index (χ4v) is 3.15. The number of aromatic nitrogens is 1. The molecule has 2 aromatic rings. The molecule has 19 heavy (non-hydrogen) atoms. The smallest absolute Gasteiger partial charge is 0.149 e. The molecule has 1 aromatic carbocycles. The van der Waals surface area contributed by atoms with E-state index in [9.17, 15) is 8.42 Å². The van der Waals surface area contributed by atoms with Crippen LogP contribution in [0.25, 0.3) is 10.8 Å². The molecule has 0 fully saturated rings. The van der Waals surface area contributed by atoms with Crippen LogP contribution in [0.5, 0.6) is 0 Å². The van der Waals surface area contributed by atoms with Crippen LogP contribution in [0.2, 0.25) is 0 Å². The highest BCUT2D eigenvalue weighted by Crippen LogP contribution is 2.24. The van der Waals surface area contributed by atoms with Gasteiger partial charge in [-0.15, -0.1) is 0 Å². The van der Waals surface area contributed by atoms with Gasteiger partial charge in [0, 0.05) is 30.1 Å². The molecule has 4 nitrogen and oxygen atoms in total. The molecular weight excluding hydrogens is 260 g/mol. The van der Waals surface area contributed by atoms with E-state index in [0.717, 1.165) is 22.9 Å². The van der Waals surface area contributed by atoms with Crippen LogP contribution in [0.15, 0.2) is 36.7 Å². The number of rotatable bonds is 5. The Morgan fingerprint density at radius 2 is 2.11 bits per heavy atom. The van der Waals surface area contributed by atoms with Gasteiger partial charge in [0.15, 0.2) is 0 Å². The van der Waals surface area contributed by atoms with E-state index in [1.165, 1.54) is 6.26 Å². The van der Waals surface area contributed by atoms with Gasteiger partial charge in [-0.3, -0.25) is 4.98 Å². The van der Waals surface area contributed by atoms with Crippen molar-refractivity contribution in [3.05, 3.63) is 42.2 Å². The Balaban J connectivity index is 2.49. The van der Waals surface area contributed by atoms with E-state index >= 15 is 0 Å². The Hall–Kier alpha value is -1.46. The number of hydrogen-bond acceptors (Lipinski definition) is 4. The van der Waals surface area contributed by atoms with E-state index in [1.54, 1.807) is 12.4 Å². The molecule has 0 radical (unpaired) electrons. The maximum atomic E-state index is 11.6. The summed E-state index contributed by atoms with van der Waals surface area (Å²) in [5, 5.41) is 5.31. The van der Waals surface area contributed by atoms with Gasteiger partial charge in [0.1, 0.15) is 9.84 Å². The van der Waals surface area contributed by atoms with E-state index in [4.69, 9.17) is 0 Å². The molecule has 1 heterocycles. The van der Waals surface area contributed by atoms with E-state index in [0.29, 0.717) is 0 Å². The molecule has 1 unspecified atom stereocenters. The zero-order valence-corrected chi connectivity index (χ0v) is 11.9. The van der Waals surface area contributed by atoms with Gasteiger partial charge in [0.05, 0.1) is 5.75 Å². The number of nitrogens with one attached hydrogen (secondary N) is 1. The standard InChI is InChI=1S/C14H18N2O2S/c1-3-16-14(10-19(2,17)18)12-6-4-5-11-7-8-15-9-13(11)12/h4-9,14,16H,3,10H2,1-2H3. The second-order valence-corrected chi connectivity index (χ2v) is 6.83. The zero-order valence-electron chi connectivity index (χ0n) is 11.1. The second kappa shape index (κ2) is 5.67. The summed E-state index contributed by atoms with van der Waals surface area (Å²) in [5.41, 5.74) is 0.984. The van der Waals surface area contributed by atoms with Crippen molar-refractivity contribution in [1.82, 2.24) is 10.3 Å². The fourth-order valence-electron chi connectivity index (χ4n) is 2.25. The van der Waals surface area contributed by atoms with Gasteiger partial charge < -0.3 is 5.32 Å². The zero-order chi connectivity index (χ0) is 13.9. The lowest BCUT2D eigenvalue weighted by atomic mass is 10.0. The summed E-state index contributed by atoms with van der Waals surface area (Å²) in [5.74, 6) is 0.0921. The van der Waals surface area contributed by atoms with Gasteiger partial charge in [-0.2, -0.15) is 0 Å². The summed E-state index contributed by atoms with van der Waals surface area (Å²) in [4.78, 5) is 4.14. The van der Waals surface area contributed by atoms with Crippen LogP contribution in [-0.2, 0) is 9.84 Å². The number of pyridine rings is 1. The fraction of sp³-hybridized carbons (Fsp3) is 0.357. The number of fused-ring (bicyclic) bond motifs is 1. The van der Waals surface area contributed by atoms with Gasteiger partial charge in [-0.05, 0) is 23.6 Å². The van der Waals surface area contributed by atoms with Crippen molar-refractivity contribution in [3.63, 3.8) is 0 Å². The topological polar surface area (TPSA) is 59.1 Å². The molecule has 0 aliphatic carbocycles. The van der Waals surface area contributed by atoms with Crippen LogP contribution in [0.4, 0.5) is 0 Å². The molecule has 0 aliphatic heterocycles. The van der Waals surface area contributed by atoms with Crippen LogP contribution in [0.3, 0.4) is 0 Å². The average molecular weight is 278 g/mol.